The number of piperidine rings is 1. The topological polar surface area (TPSA) is 85.7 Å². The van der Waals surface area contributed by atoms with Crippen molar-refractivity contribution in [2.45, 2.75) is 71.3 Å². The summed E-state index contributed by atoms with van der Waals surface area (Å²) < 4.78 is 12.4. The van der Waals surface area contributed by atoms with Gasteiger partial charge in [-0.1, -0.05) is 50.2 Å². The Hall–Kier alpha value is -4.59. The van der Waals surface area contributed by atoms with Crippen LogP contribution in [0.2, 0.25) is 0 Å². The second-order valence-electron chi connectivity index (χ2n) is 12.1. The second-order valence-corrected chi connectivity index (χ2v) is 12.1. The van der Waals surface area contributed by atoms with Gasteiger partial charge >= 0.3 is 5.97 Å². The standard InChI is InChI=1S/C38H44N4O4/c1-5-25-22-29(15-16-31(25)26-18-20-41(21-19-26)35(43)6-2)40-34-17-14-27-10-9-13-32(36(27)34)28-11-8-12-30(23-28)42-37(45-4)33(24-39-42)38(44)46-7-3/h8-13,15-16,22-24,26,34,40H,5-7,14,17-21H2,1-4H3. The summed E-state index contributed by atoms with van der Waals surface area (Å²) in [6, 6.07) is 21.9. The molecule has 6 rings (SSSR count). The molecule has 0 saturated carbocycles. The normalized spacial score (nSPS) is 16.3. The lowest BCUT2D eigenvalue weighted by atomic mass is 9.85. The number of rotatable bonds is 10. The molecule has 8 nitrogen and oxygen atoms in total. The molecule has 1 atom stereocenters. The smallest absolute Gasteiger partial charge is 0.345 e. The quantitative estimate of drug-likeness (QED) is 0.185. The highest BCUT2D eigenvalue weighted by atomic mass is 16.5. The molecule has 4 aromatic rings. The number of carbonyl (C=O) groups excluding carboxylic acids is 2. The number of anilines is 1. The average molecular weight is 621 g/mol. The molecule has 3 aromatic carbocycles. The van der Waals surface area contributed by atoms with E-state index in [1.807, 2.05) is 24.0 Å². The number of hydrogen-bond donors (Lipinski definition) is 1. The molecule has 1 saturated heterocycles. The van der Waals surface area contributed by atoms with Crippen molar-refractivity contribution in [3.8, 4) is 22.7 Å². The lowest BCUT2D eigenvalue weighted by molar-refractivity contribution is -0.131. The molecule has 1 unspecified atom stereocenters. The molecule has 46 heavy (non-hydrogen) atoms. The SMILES string of the molecule is CCOC(=O)c1cnn(-c2cccc(-c3cccc4c3C(Nc3ccc(C5CCN(C(=O)CC)CC5)c(CC)c3)CC4)c2)c1OC. The van der Waals surface area contributed by atoms with E-state index >= 15 is 0 Å². The summed E-state index contributed by atoms with van der Waals surface area (Å²) in [5, 5.41) is 8.36. The van der Waals surface area contributed by atoms with E-state index in [-0.39, 0.29) is 18.6 Å². The van der Waals surface area contributed by atoms with Crippen LogP contribution in [0, 0.1) is 0 Å². The third-order valence-electron chi connectivity index (χ3n) is 9.52. The van der Waals surface area contributed by atoms with Gasteiger partial charge in [-0.3, -0.25) is 4.79 Å². The van der Waals surface area contributed by atoms with E-state index < -0.39 is 5.97 Å². The number of ether oxygens (including phenoxy) is 2. The van der Waals surface area contributed by atoms with Crippen molar-refractivity contribution >= 4 is 17.6 Å². The van der Waals surface area contributed by atoms with Crippen LogP contribution in [0.15, 0.2) is 66.9 Å². The van der Waals surface area contributed by atoms with Gasteiger partial charge in [0.1, 0.15) is 5.56 Å². The first-order valence-corrected chi connectivity index (χ1v) is 16.6. The van der Waals surface area contributed by atoms with Crippen LogP contribution in [0.5, 0.6) is 5.88 Å². The lowest BCUT2D eigenvalue weighted by Gasteiger charge is -2.33. The number of amides is 1. The number of aryl methyl sites for hydroxylation is 2. The number of benzene rings is 3. The zero-order valence-electron chi connectivity index (χ0n) is 27.3. The van der Waals surface area contributed by atoms with Crippen LogP contribution in [0.25, 0.3) is 16.8 Å². The summed E-state index contributed by atoms with van der Waals surface area (Å²) in [5.41, 5.74) is 10.0. The van der Waals surface area contributed by atoms with E-state index in [4.69, 9.17) is 9.47 Å². The number of carbonyl (C=O) groups is 2. The first-order valence-electron chi connectivity index (χ1n) is 16.6. The number of esters is 1. The van der Waals surface area contributed by atoms with Crippen LogP contribution < -0.4 is 10.1 Å². The Morgan fingerprint density at radius 3 is 2.52 bits per heavy atom. The molecule has 8 heteroatoms. The van der Waals surface area contributed by atoms with Gasteiger partial charge in [0, 0.05) is 25.2 Å². The molecular weight excluding hydrogens is 576 g/mol. The molecular formula is C38H44N4O4. The first kappa shape index (κ1) is 31.4. The molecule has 1 fully saturated rings. The van der Waals surface area contributed by atoms with Gasteiger partial charge in [0.15, 0.2) is 0 Å². The lowest BCUT2D eigenvalue weighted by Crippen LogP contribution is -2.37. The maximum atomic E-state index is 12.5. The Morgan fingerprint density at radius 2 is 1.78 bits per heavy atom. The van der Waals surface area contributed by atoms with Gasteiger partial charge in [-0.15, -0.1) is 0 Å². The predicted octanol–water partition coefficient (Wildman–Crippen LogP) is 7.50. The van der Waals surface area contributed by atoms with Crippen LogP contribution in [0.1, 0.15) is 91.0 Å². The summed E-state index contributed by atoms with van der Waals surface area (Å²) >= 11 is 0. The fourth-order valence-electron chi connectivity index (χ4n) is 7.22. The third kappa shape index (κ3) is 6.13. The molecule has 1 aliphatic heterocycles. The zero-order chi connectivity index (χ0) is 32.2. The molecule has 2 aliphatic rings. The van der Waals surface area contributed by atoms with Gasteiger partial charge in [-0.2, -0.15) is 5.10 Å². The number of nitrogens with one attached hydrogen (secondary N) is 1. The average Bonchev–Trinajstić information content (AvgIpc) is 3.72. The van der Waals surface area contributed by atoms with Crippen LogP contribution >= 0.6 is 0 Å². The highest BCUT2D eigenvalue weighted by Crippen LogP contribution is 2.42. The second kappa shape index (κ2) is 13.8. The maximum absolute atomic E-state index is 12.5. The van der Waals surface area contributed by atoms with Crippen molar-refractivity contribution in [2.75, 3.05) is 32.1 Å². The molecule has 0 bridgehead atoms. The van der Waals surface area contributed by atoms with Crippen LogP contribution in [-0.2, 0) is 22.4 Å². The number of fused-ring (bicyclic) bond motifs is 1. The largest absolute Gasteiger partial charge is 0.480 e. The molecule has 0 radical (unpaired) electrons. The number of aromatic nitrogens is 2. The van der Waals surface area contributed by atoms with Crippen molar-refractivity contribution in [1.29, 1.82) is 0 Å². The fraction of sp³-hybridized carbons (Fsp3) is 0.395. The molecule has 1 N–H and O–H groups in total. The van der Waals surface area contributed by atoms with Crippen molar-refractivity contribution in [1.82, 2.24) is 14.7 Å². The van der Waals surface area contributed by atoms with Gasteiger partial charge in [0.05, 0.1) is 31.6 Å². The molecule has 0 spiro atoms. The minimum Gasteiger partial charge on any atom is -0.480 e. The molecule has 2 heterocycles. The van der Waals surface area contributed by atoms with E-state index in [0.29, 0.717) is 23.8 Å². The highest BCUT2D eigenvalue weighted by Gasteiger charge is 2.28. The van der Waals surface area contributed by atoms with Gasteiger partial charge < -0.3 is 19.7 Å². The van der Waals surface area contributed by atoms with Crippen molar-refractivity contribution in [2.24, 2.45) is 0 Å². The Labute approximate surface area is 271 Å². The molecule has 240 valence electrons. The van der Waals surface area contributed by atoms with E-state index in [1.54, 1.807) is 11.6 Å². The molecule has 1 aliphatic carbocycles. The predicted molar refractivity (Wildman–Crippen MR) is 181 cm³/mol. The summed E-state index contributed by atoms with van der Waals surface area (Å²) in [5.74, 6) is 0.659. The Balaban J connectivity index is 1.25. The fourth-order valence-corrected chi connectivity index (χ4v) is 7.22. The van der Waals surface area contributed by atoms with Crippen molar-refractivity contribution in [3.63, 3.8) is 0 Å². The van der Waals surface area contributed by atoms with Crippen LogP contribution in [-0.4, -0.2) is 53.4 Å². The molecule has 1 amide bonds. The van der Waals surface area contributed by atoms with Crippen molar-refractivity contribution in [3.05, 3.63) is 94.7 Å². The van der Waals surface area contributed by atoms with Gasteiger partial charge in [0.2, 0.25) is 11.8 Å². The number of nitrogens with zero attached hydrogens (tertiary/aromatic N) is 3. The molecule has 1 aromatic heterocycles. The van der Waals surface area contributed by atoms with Gasteiger partial charge in [-0.05, 0) is 103 Å². The Morgan fingerprint density at radius 1 is 0.978 bits per heavy atom. The minimum atomic E-state index is -0.454. The van der Waals surface area contributed by atoms with Gasteiger partial charge in [0.25, 0.3) is 0 Å². The maximum Gasteiger partial charge on any atom is 0.345 e. The number of likely N-dealkylation sites (tertiary alicyclic amines) is 1. The first-order chi connectivity index (χ1) is 22.4. The number of hydrogen-bond acceptors (Lipinski definition) is 6. The summed E-state index contributed by atoms with van der Waals surface area (Å²) in [6.07, 6.45) is 7.15. The van der Waals surface area contributed by atoms with Gasteiger partial charge in [-0.25, -0.2) is 9.48 Å². The Kier molecular flexibility index (Phi) is 9.43. The minimum absolute atomic E-state index is 0.184. The summed E-state index contributed by atoms with van der Waals surface area (Å²) in [7, 11) is 1.54. The van der Waals surface area contributed by atoms with Crippen LogP contribution in [0.4, 0.5) is 5.69 Å². The van der Waals surface area contributed by atoms with E-state index in [2.05, 4.69) is 65.9 Å². The zero-order valence-corrected chi connectivity index (χ0v) is 27.3. The van der Waals surface area contributed by atoms with E-state index in [1.165, 1.54) is 41.1 Å². The van der Waals surface area contributed by atoms with E-state index in [9.17, 15) is 9.59 Å². The number of methoxy groups -OCH3 is 1. The highest BCUT2D eigenvalue weighted by molar-refractivity contribution is 5.92. The summed E-state index contributed by atoms with van der Waals surface area (Å²) in [4.78, 5) is 26.7. The van der Waals surface area contributed by atoms with Crippen LogP contribution in [0.3, 0.4) is 0 Å². The monoisotopic (exact) mass is 620 g/mol. The van der Waals surface area contributed by atoms with Crippen molar-refractivity contribution < 1.29 is 19.1 Å². The third-order valence-corrected chi connectivity index (χ3v) is 9.52. The summed E-state index contributed by atoms with van der Waals surface area (Å²) in [6.45, 7) is 7.94. The van der Waals surface area contributed by atoms with E-state index in [0.717, 1.165) is 62.1 Å². The Bertz CT molecular complexity index is 1720.